The number of hydrogen-bond donors (Lipinski definition) is 0. The fourth-order valence-corrected chi connectivity index (χ4v) is 2.17. The summed E-state index contributed by atoms with van der Waals surface area (Å²) in [4.78, 5) is 18.2. The molecule has 1 aliphatic heterocycles. The van der Waals surface area contributed by atoms with Crippen molar-refractivity contribution in [1.82, 2.24) is 4.98 Å². The van der Waals surface area contributed by atoms with Gasteiger partial charge in [0.2, 0.25) is 0 Å². The van der Waals surface area contributed by atoms with Crippen molar-refractivity contribution in [3.8, 4) is 5.75 Å². The largest absolute Gasteiger partial charge is 0.477 e. The van der Waals surface area contributed by atoms with Crippen LogP contribution in [0.25, 0.3) is 0 Å². The highest BCUT2D eigenvalue weighted by molar-refractivity contribution is 9.10. The van der Waals surface area contributed by atoms with Crippen LogP contribution in [0.5, 0.6) is 5.75 Å². The topological polar surface area (TPSA) is 42.4 Å². The molecule has 98 valence electrons. The summed E-state index contributed by atoms with van der Waals surface area (Å²) in [6, 6.07) is 3.67. The fourth-order valence-electron chi connectivity index (χ4n) is 1.87. The maximum atomic E-state index is 12.2. The minimum Gasteiger partial charge on any atom is -0.477 e. The van der Waals surface area contributed by atoms with E-state index < -0.39 is 6.10 Å². The van der Waals surface area contributed by atoms with E-state index >= 15 is 0 Å². The number of fused-ring (bicyclic) bond motifs is 1. The second kappa shape index (κ2) is 5.26. The van der Waals surface area contributed by atoms with Gasteiger partial charge in [-0.1, -0.05) is 13.8 Å². The molecule has 1 unspecified atom stereocenters. The Balaban J connectivity index is 2.31. The van der Waals surface area contributed by atoms with E-state index in [1.165, 1.54) is 0 Å². The molecule has 1 atom stereocenters. The first kappa shape index (κ1) is 13.3. The molecule has 1 amide bonds. The molecule has 1 aliphatic rings. The molecule has 2 heterocycles. The van der Waals surface area contributed by atoms with Crippen molar-refractivity contribution in [1.29, 1.82) is 0 Å². The van der Waals surface area contributed by atoms with Gasteiger partial charge in [0.25, 0.3) is 5.91 Å². The number of halogens is 1. The van der Waals surface area contributed by atoms with Crippen LogP contribution in [0.4, 0.5) is 5.82 Å². The zero-order valence-corrected chi connectivity index (χ0v) is 12.4. The number of hydrogen-bond acceptors (Lipinski definition) is 3. The summed E-state index contributed by atoms with van der Waals surface area (Å²) < 4.78 is 6.27. The van der Waals surface area contributed by atoms with E-state index in [1.807, 2.05) is 12.1 Å². The van der Waals surface area contributed by atoms with Crippen molar-refractivity contribution < 1.29 is 9.53 Å². The van der Waals surface area contributed by atoms with Gasteiger partial charge >= 0.3 is 0 Å². The molecule has 0 bridgehead atoms. The molecule has 2 rings (SSSR count). The van der Waals surface area contributed by atoms with Gasteiger partial charge in [0.1, 0.15) is 4.60 Å². The van der Waals surface area contributed by atoms with Gasteiger partial charge in [-0.05, 0) is 47.3 Å². The van der Waals surface area contributed by atoms with Gasteiger partial charge in [0, 0.05) is 6.54 Å². The number of aromatic nitrogens is 1. The van der Waals surface area contributed by atoms with Crippen molar-refractivity contribution >= 4 is 27.7 Å². The molecule has 0 aromatic carbocycles. The quantitative estimate of drug-likeness (QED) is 0.806. The number of rotatable bonds is 3. The van der Waals surface area contributed by atoms with Gasteiger partial charge in [0.15, 0.2) is 17.7 Å². The molecule has 18 heavy (non-hydrogen) atoms. The number of carbonyl (C=O) groups excluding carboxylic acids is 1. The van der Waals surface area contributed by atoms with Crippen LogP contribution < -0.4 is 9.64 Å². The summed E-state index contributed by atoms with van der Waals surface area (Å²) in [7, 11) is 0. The van der Waals surface area contributed by atoms with E-state index in [9.17, 15) is 4.79 Å². The van der Waals surface area contributed by atoms with E-state index in [-0.39, 0.29) is 5.91 Å². The van der Waals surface area contributed by atoms with E-state index in [1.54, 1.807) is 11.8 Å². The number of anilines is 1. The van der Waals surface area contributed by atoms with Crippen molar-refractivity contribution in [3.05, 3.63) is 16.7 Å². The smallest absolute Gasteiger partial charge is 0.269 e. The first-order chi connectivity index (χ1) is 8.49. The van der Waals surface area contributed by atoms with Crippen LogP contribution in [0.1, 0.15) is 27.2 Å². The molecule has 0 fully saturated rings. The van der Waals surface area contributed by atoms with Crippen molar-refractivity contribution in [2.45, 2.75) is 33.3 Å². The third kappa shape index (κ3) is 2.66. The first-order valence-corrected chi connectivity index (χ1v) is 6.93. The normalized spacial score (nSPS) is 18.8. The zero-order valence-electron chi connectivity index (χ0n) is 10.8. The molecular formula is C13H17BrN2O2. The lowest BCUT2D eigenvalue weighted by molar-refractivity contribution is -0.125. The molecule has 0 spiro atoms. The van der Waals surface area contributed by atoms with Gasteiger partial charge in [-0.2, -0.15) is 0 Å². The van der Waals surface area contributed by atoms with E-state index in [0.29, 0.717) is 28.6 Å². The van der Waals surface area contributed by atoms with E-state index in [4.69, 9.17) is 4.74 Å². The molecular weight excluding hydrogens is 296 g/mol. The van der Waals surface area contributed by atoms with Crippen LogP contribution in [0, 0.1) is 5.92 Å². The summed E-state index contributed by atoms with van der Waals surface area (Å²) in [5.74, 6) is 1.82. The Morgan fingerprint density at radius 2 is 2.22 bits per heavy atom. The monoisotopic (exact) mass is 312 g/mol. The maximum Gasteiger partial charge on any atom is 0.269 e. The van der Waals surface area contributed by atoms with Crippen molar-refractivity contribution in [2.75, 3.05) is 11.4 Å². The number of ether oxygens (including phenoxy) is 1. The minimum atomic E-state index is -0.437. The Kier molecular flexibility index (Phi) is 3.90. The fraction of sp³-hybridized carbons (Fsp3) is 0.538. The molecule has 0 saturated carbocycles. The van der Waals surface area contributed by atoms with Gasteiger partial charge in [-0.3, -0.25) is 9.69 Å². The second-order valence-corrected chi connectivity index (χ2v) is 5.70. The predicted octanol–water partition coefficient (Wildman–Crippen LogP) is 3.00. The third-order valence-corrected chi connectivity index (χ3v) is 3.35. The molecule has 0 saturated heterocycles. The molecule has 0 radical (unpaired) electrons. The van der Waals surface area contributed by atoms with Crippen molar-refractivity contribution in [3.63, 3.8) is 0 Å². The van der Waals surface area contributed by atoms with Crippen LogP contribution in [0.2, 0.25) is 0 Å². The van der Waals surface area contributed by atoms with Gasteiger partial charge in [-0.25, -0.2) is 4.98 Å². The molecule has 1 aromatic rings. The lowest BCUT2D eigenvalue weighted by Gasteiger charge is -2.32. The highest BCUT2D eigenvalue weighted by atomic mass is 79.9. The SMILES string of the molecule is CC(C)CCN1C(=O)C(C)Oc2ccc(Br)nc21. The van der Waals surface area contributed by atoms with Gasteiger partial charge < -0.3 is 4.74 Å². The Bertz CT molecular complexity index is 462. The van der Waals surface area contributed by atoms with Gasteiger partial charge in [0.05, 0.1) is 0 Å². The third-order valence-electron chi connectivity index (χ3n) is 2.91. The number of pyridine rings is 1. The number of carbonyl (C=O) groups is 1. The standard InChI is InChI=1S/C13H17BrN2O2/c1-8(2)6-7-16-12-10(4-5-11(14)15-12)18-9(3)13(16)17/h4-5,8-9H,6-7H2,1-3H3. The van der Waals surface area contributed by atoms with E-state index in [0.717, 1.165) is 6.42 Å². The Morgan fingerprint density at radius 1 is 1.50 bits per heavy atom. The van der Waals surface area contributed by atoms with Crippen LogP contribution in [-0.2, 0) is 4.79 Å². The molecule has 0 N–H and O–H groups in total. The van der Waals surface area contributed by atoms with Crippen LogP contribution in [0.3, 0.4) is 0 Å². The summed E-state index contributed by atoms with van der Waals surface area (Å²) in [6.07, 6.45) is 0.513. The average Bonchev–Trinajstić information content (AvgIpc) is 2.30. The lowest BCUT2D eigenvalue weighted by atomic mass is 10.1. The minimum absolute atomic E-state index is 0.0197. The Morgan fingerprint density at radius 3 is 2.89 bits per heavy atom. The number of amides is 1. The highest BCUT2D eigenvalue weighted by Crippen LogP contribution is 2.33. The van der Waals surface area contributed by atoms with Crippen LogP contribution in [-0.4, -0.2) is 23.5 Å². The molecule has 1 aromatic heterocycles. The molecule has 4 nitrogen and oxygen atoms in total. The average molecular weight is 313 g/mol. The summed E-state index contributed by atoms with van der Waals surface area (Å²) in [5.41, 5.74) is 0. The zero-order chi connectivity index (χ0) is 13.3. The molecule has 5 heteroatoms. The Labute approximate surface area is 115 Å². The summed E-state index contributed by atoms with van der Waals surface area (Å²) >= 11 is 3.33. The summed E-state index contributed by atoms with van der Waals surface area (Å²) in [6.45, 7) is 6.74. The lowest BCUT2D eigenvalue weighted by Crippen LogP contribution is -2.45. The van der Waals surface area contributed by atoms with E-state index in [2.05, 4.69) is 34.8 Å². The van der Waals surface area contributed by atoms with Crippen LogP contribution >= 0.6 is 15.9 Å². The maximum absolute atomic E-state index is 12.2. The molecule has 0 aliphatic carbocycles. The predicted molar refractivity (Wildman–Crippen MR) is 73.8 cm³/mol. The highest BCUT2D eigenvalue weighted by Gasteiger charge is 2.32. The number of nitrogens with zero attached hydrogens (tertiary/aromatic N) is 2. The van der Waals surface area contributed by atoms with Crippen LogP contribution in [0.15, 0.2) is 16.7 Å². The van der Waals surface area contributed by atoms with Gasteiger partial charge in [-0.15, -0.1) is 0 Å². The van der Waals surface area contributed by atoms with Crippen molar-refractivity contribution in [2.24, 2.45) is 5.92 Å². The first-order valence-electron chi connectivity index (χ1n) is 6.13. The second-order valence-electron chi connectivity index (χ2n) is 4.89. The Hall–Kier alpha value is -1.10. The summed E-state index contributed by atoms with van der Waals surface area (Å²) in [5, 5.41) is 0.